The highest BCUT2D eigenvalue weighted by Gasteiger charge is 2.12. The molecule has 0 aliphatic heterocycles. The molecule has 4 aromatic rings. The van der Waals surface area contributed by atoms with E-state index in [0.29, 0.717) is 33.8 Å². The van der Waals surface area contributed by atoms with Crippen LogP contribution in [0.3, 0.4) is 0 Å². The molecule has 0 amide bonds. The van der Waals surface area contributed by atoms with E-state index in [4.69, 9.17) is 4.74 Å². The molecule has 0 heterocycles. The number of carbonyl (C=O) groups is 2. The fourth-order valence-corrected chi connectivity index (χ4v) is 2.92. The van der Waals surface area contributed by atoms with Gasteiger partial charge in [0.15, 0.2) is 11.6 Å². The lowest BCUT2D eigenvalue weighted by molar-refractivity contribution is 0.103. The summed E-state index contributed by atoms with van der Waals surface area (Å²) in [4.78, 5) is 25.3. The van der Waals surface area contributed by atoms with Gasteiger partial charge in [0.25, 0.3) is 0 Å². The van der Waals surface area contributed by atoms with Crippen LogP contribution in [0.25, 0.3) is 0 Å². The summed E-state index contributed by atoms with van der Waals surface area (Å²) in [5.41, 5.74) is 2.21. The summed E-state index contributed by atoms with van der Waals surface area (Å²) >= 11 is 0. The summed E-state index contributed by atoms with van der Waals surface area (Å²) in [6.45, 7) is 0. The Morgan fingerprint density at radius 3 is 1.38 bits per heavy atom. The van der Waals surface area contributed by atoms with Crippen LogP contribution in [-0.4, -0.2) is 11.6 Å². The third-order valence-corrected chi connectivity index (χ3v) is 4.37. The molecule has 0 atom stereocenters. The molecule has 0 saturated heterocycles. The molecule has 0 fully saturated rings. The van der Waals surface area contributed by atoms with E-state index < -0.39 is 0 Å². The first-order chi connectivity index (χ1) is 14.2. The smallest absolute Gasteiger partial charge is 0.193 e. The van der Waals surface area contributed by atoms with Gasteiger partial charge >= 0.3 is 0 Å². The molecule has 3 nitrogen and oxygen atoms in total. The van der Waals surface area contributed by atoms with Gasteiger partial charge in [0.05, 0.1) is 0 Å². The van der Waals surface area contributed by atoms with Crippen LogP contribution in [0, 0.1) is 12.1 Å². The van der Waals surface area contributed by atoms with Gasteiger partial charge in [0, 0.05) is 34.4 Å². The number of benzene rings is 4. The highest BCUT2D eigenvalue weighted by Crippen LogP contribution is 2.24. The zero-order valence-corrected chi connectivity index (χ0v) is 15.5. The Bertz CT molecular complexity index is 1060. The Kier molecular flexibility index (Phi) is 5.30. The van der Waals surface area contributed by atoms with E-state index in [1.807, 2.05) is 36.4 Å². The van der Waals surface area contributed by atoms with Crippen LogP contribution in [0.1, 0.15) is 31.8 Å². The Morgan fingerprint density at radius 1 is 0.552 bits per heavy atom. The standard InChI is InChI=1S/C26H16O3/c27-25(19-9-3-1-4-10-19)21-13-7-15-23(17-21)29-24-16-8-14-22(18-24)26(28)20-11-5-2-6-12-20/h1-14,17-18H. The minimum atomic E-state index is -0.0959. The van der Waals surface area contributed by atoms with E-state index in [1.165, 1.54) is 0 Å². The molecule has 0 aromatic heterocycles. The monoisotopic (exact) mass is 376 g/mol. The molecule has 0 N–H and O–H groups in total. The van der Waals surface area contributed by atoms with Gasteiger partial charge in [0.2, 0.25) is 0 Å². The number of hydrogen-bond donors (Lipinski definition) is 0. The summed E-state index contributed by atoms with van der Waals surface area (Å²) in [5.74, 6) is 0.572. The van der Waals surface area contributed by atoms with E-state index in [9.17, 15) is 9.59 Å². The molecule has 0 spiro atoms. The fourth-order valence-electron chi connectivity index (χ4n) is 2.92. The second-order valence-corrected chi connectivity index (χ2v) is 6.38. The highest BCUT2D eigenvalue weighted by molar-refractivity contribution is 6.09. The first-order valence-corrected chi connectivity index (χ1v) is 9.11. The normalized spacial score (nSPS) is 10.3. The van der Waals surface area contributed by atoms with Gasteiger partial charge in [-0.3, -0.25) is 9.59 Å². The molecule has 2 radical (unpaired) electrons. The lowest BCUT2D eigenvalue weighted by Crippen LogP contribution is -2.02. The zero-order valence-electron chi connectivity index (χ0n) is 15.5. The van der Waals surface area contributed by atoms with Crippen LogP contribution in [0.5, 0.6) is 11.5 Å². The average molecular weight is 376 g/mol. The zero-order chi connectivity index (χ0) is 20.1. The molecule has 29 heavy (non-hydrogen) atoms. The molecule has 0 bridgehead atoms. The molecule has 138 valence electrons. The van der Waals surface area contributed by atoms with Crippen LogP contribution in [-0.2, 0) is 0 Å². The van der Waals surface area contributed by atoms with Gasteiger partial charge in [-0.15, -0.1) is 0 Å². The van der Waals surface area contributed by atoms with E-state index in [0.717, 1.165) is 0 Å². The quantitative estimate of drug-likeness (QED) is 0.415. The lowest BCUT2D eigenvalue weighted by atomic mass is 10.0. The third kappa shape index (κ3) is 4.30. The molecular formula is C26H16O3. The van der Waals surface area contributed by atoms with Gasteiger partial charge in [0.1, 0.15) is 11.5 Å². The molecule has 0 unspecified atom stereocenters. The number of hydrogen-bond acceptors (Lipinski definition) is 3. The first-order valence-electron chi connectivity index (χ1n) is 9.11. The average Bonchev–Trinajstić information content (AvgIpc) is 2.79. The summed E-state index contributed by atoms with van der Waals surface area (Å²) in [6, 6.07) is 34.0. The Hall–Kier alpha value is -3.98. The van der Waals surface area contributed by atoms with Gasteiger partial charge in [-0.25, -0.2) is 0 Å². The van der Waals surface area contributed by atoms with E-state index >= 15 is 0 Å². The molecule has 0 saturated carbocycles. The van der Waals surface area contributed by atoms with Crippen molar-refractivity contribution in [1.29, 1.82) is 0 Å². The summed E-state index contributed by atoms with van der Waals surface area (Å²) in [5, 5.41) is 0. The summed E-state index contributed by atoms with van der Waals surface area (Å²) in [7, 11) is 0. The topological polar surface area (TPSA) is 43.4 Å². The van der Waals surface area contributed by atoms with Crippen molar-refractivity contribution in [1.82, 2.24) is 0 Å². The van der Waals surface area contributed by atoms with Crippen molar-refractivity contribution in [3.05, 3.63) is 131 Å². The maximum atomic E-state index is 12.6. The fraction of sp³-hybridized carbons (Fsp3) is 0. The highest BCUT2D eigenvalue weighted by atomic mass is 16.5. The van der Waals surface area contributed by atoms with Gasteiger partial charge in [-0.1, -0.05) is 72.8 Å². The third-order valence-electron chi connectivity index (χ3n) is 4.37. The predicted octanol–water partition coefficient (Wildman–Crippen LogP) is 5.54. The number of ether oxygens (including phenoxy) is 1. The molecule has 0 aliphatic rings. The molecule has 4 rings (SSSR count). The van der Waals surface area contributed by atoms with Crippen LogP contribution in [0.15, 0.2) is 97.1 Å². The van der Waals surface area contributed by atoms with Crippen molar-refractivity contribution in [2.45, 2.75) is 0 Å². The van der Waals surface area contributed by atoms with Crippen LogP contribution >= 0.6 is 0 Å². The Morgan fingerprint density at radius 2 is 0.966 bits per heavy atom. The molecular weight excluding hydrogens is 360 g/mol. The van der Waals surface area contributed by atoms with E-state index in [1.54, 1.807) is 60.7 Å². The largest absolute Gasteiger partial charge is 0.456 e. The van der Waals surface area contributed by atoms with Crippen LogP contribution in [0.4, 0.5) is 0 Å². The Labute approximate surface area is 169 Å². The second-order valence-electron chi connectivity index (χ2n) is 6.38. The SMILES string of the molecule is O=C(c1ccccc1)c1cc[c]c(Oc2[c]ccc(C(=O)c3ccccc3)c2)c1. The maximum absolute atomic E-state index is 12.6. The lowest BCUT2D eigenvalue weighted by Gasteiger charge is -2.08. The maximum Gasteiger partial charge on any atom is 0.193 e. The van der Waals surface area contributed by atoms with Gasteiger partial charge < -0.3 is 4.74 Å². The van der Waals surface area contributed by atoms with Crippen molar-refractivity contribution in [3.63, 3.8) is 0 Å². The van der Waals surface area contributed by atoms with Crippen LogP contribution in [0.2, 0.25) is 0 Å². The van der Waals surface area contributed by atoms with Crippen molar-refractivity contribution in [2.75, 3.05) is 0 Å². The Balaban J connectivity index is 1.56. The molecule has 0 aliphatic carbocycles. The van der Waals surface area contributed by atoms with E-state index in [2.05, 4.69) is 12.1 Å². The summed E-state index contributed by atoms with van der Waals surface area (Å²) < 4.78 is 5.82. The molecule has 4 aromatic carbocycles. The second kappa shape index (κ2) is 8.36. The number of rotatable bonds is 6. The molecule has 3 heteroatoms. The van der Waals surface area contributed by atoms with Crippen molar-refractivity contribution in [3.8, 4) is 11.5 Å². The van der Waals surface area contributed by atoms with Crippen LogP contribution < -0.4 is 4.74 Å². The first kappa shape index (κ1) is 18.4. The van der Waals surface area contributed by atoms with Crippen molar-refractivity contribution in [2.24, 2.45) is 0 Å². The van der Waals surface area contributed by atoms with E-state index in [-0.39, 0.29) is 11.6 Å². The minimum absolute atomic E-state index is 0.0959. The minimum Gasteiger partial charge on any atom is -0.456 e. The number of ketones is 2. The van der Waals surface area contributed by atoms with Gasteiger partial charge in [-0.05, 0) is 24.3 Å². The van der Waals surface area contributed by atoms with Crippen molar-refractivity contribution >= 4 is 11.6 Å². The van der Waals surface area contributed by atoms with Crippen molar-refractivity contribution < 1.29 is 14.3 Å². The van der Waals surface area contributed by atoms with Gasteiger partial charge in [-0.2, -0.15) is 0 Å². The summed E-state index contributed by atoms with van der Waals surface area (Å²) in [6.07, 6.45) is 0. The number of carbonyl (C=O) groups excluding carboxylic acids is 2. The predicted molar refractivity (Wildman–Crippen MR) is 110 cm³/mol.